The van der Waals surface area contributed by atoms with E-state index in [1.54, 1.807) is 42.2 Å². The number of carbonyl (C=O) groups is 1. The number of likely N-dealkylation sites (tertiary alicyclic amines) is 1. The predicted molar refractivity (Wildman–Crippen MR) is 141 cm³/mol. The number of aliphatic hydroxyl groups excluding tert-OH is 1. The molecule has 8 nitrogen and oxygen atoms in total. The molecule has 0 bridgehead atoms. The molecule has 1 aromatic carbocycles. The number of benzene rings is 1. The highest BCUT2D eigenvalue weighted by Gasteiger charge is 2.33. The molecule has 0 unspecified atom stereocenters. The van der Waals surface area contributed by atoms with Crippen LogP contribution in [0.15, 0.2) is 70.1 Å². The van der Waals surface area contributed by atoms with Crippen LogP contribution in [0.25, 0.3) is 11.1 Å². The Morgan fingerprint density at radius 2 is 2.08 bits per heavy atom. The number of nitrogens with zero attached hydrogens (tertiary/aromatic N) is 3. The van der Waals surface area contributed by atoms with Crippen molar-refractivity contribution in [2.45, 2.75) is 44.5 Å². The molecule has 1 aliphatic heterocycles. The molecule has 0 spiro atoms. The molecule has 2 N–H and O–H groups in total. The van der Waals surface area contributed by atoms with Crippen LogP contribution in [0.1, 0.15) is 41.5 Å². The highest BCUT2D eigenvalue weighted by Crippen LogP contribution is 2.30. The second kappa shape index (κ2) is 10.9. The first-order valence-electron chi connectivity index (χ1n) is 12.3. The van der Waals surface area contributed by atoms with Gasteiger partial charge in [0.1, 0.15) is 11.9 Å². The number of fused-ring (bicyclic) bond motifs is 1. The number of aryl methyl sites for hydroxylation is 1. The van der Waals surface area contributed by atoms with Gasteiger partial charge in [-0.25, -0.2) is 0 Å². The number of halogens is 1. The van der Waals surface area contributed by atoms with Crippen molar-refractivity contribution >= 4 is 28.6 Å². The van der Waals surface area contributed by atoms with Gasteiger partial charge in [-0.3, -0.25) is 19.5 Å². The Morgan fingerprint density at radius 3 is 2.84 bits per heavy atom. The Hall–Kier alpha value is -3.46. The Kier molecular flexibility index (Phi) is 7.41. The minimum Gasteiger partial charge on any atom is -0.443 e. The predicted octanol–water partition coefficient (Wildman–Crippen LogP) is 3.74. The first-order valence-corrected chi connectivity index (χ1v) is 12.7. The normalized spacial score (nSPS) is 16.8. The average molecular weight is 521 g/mol. The lowest BCUT2D eigenvalue weighted by Crippen LogP contribution is -2.34. The lowest BCUT2D eigenvalue weighted by atomic mass is 10.0. The number of aliphatic hydroxyl groups is 1. The molecule has 4 aromatic rings. The fraction of sp³-hybridized carbons (Fsp3) is 0.321. The van der Waals surface area contributed by atoms with Crippen LogP contribution in [0.4, 0.5) is 0 Å². The van der Waals surface area contributed by atoms with E-state index < -0.39 is 6.10 Å². The van der Waals surface area contributed by atoms with Gasteiger partial charge in [0.15, 0.2) is 5.43 Å². The zero-order valence-electron chi connectivity index (χ0n) is 20.6. The molecule has 3 aromatic heterocycles. The van der Waals surface area contributed by atoms with Gasteiger partial charge >= 0.3 is 0 Å². The number of hydrogen-bond acceptors (Lipinski definition) is 6. The maximum atomic E-state index is 13.2. The number of furan rings is 1. The molecule has 2 atom stereocenters. The summed E-state index contributed by atoms with van der Waals surface area (Å²) in [5.41, 5.74) is 2.23. The molecule has 0 aliphatic carbocycles. The van der Waals surface area contributed by atoms with E-state index in [0.29, 0.717) is 46.2 Å². The van der Waals surface area contributed by atoms with E-state index in [4.69, 9.17) is 16.0 Å². The summed E-state index contributed by atoms with van der Waals surface area (Å²) >= 11 is 5.91. The van der Waals surface area contributed by atoms with Crippen LogP contribution in [-0.4, -0.2) is 38.1 Å². The highest BCUT2D eigenvalue weighted by atomic mass is 35.5. The summed E-state index contributed by atoms with van der Waals surface area (Å²) in [6.45, 7) is 1.65. The summed E-state index contributed by atoms with van der Waals surface area (Å²) in [5, 5.41) is 14.8. The maximum Gasteiger partial charge on any atom is 0.224 e. The number of amides is 1. The molecule has 5 rings (SSSR count). The van der Waals surface area contributed by atoms with Gasteiger partial charge in [0, 0.05) is 42.6 Å². The maximum absolute atomic E-state index is 13.2. The summed E-state index contributed by atoms with van der Waals surface area (Å²) < 4.78 is 7.81. The average Bonchev–Trinajstić information content (AvgIpc) is 3.55. The second-order valence-electron chi connectivity index (χ2n) is 9.49. The van der Waals surface area contributed by atoms with Gasteiger partial charge in [-0.15, -0.1) is 0 Å². The van der Waals surface area contributed by atoms with Gasteiger partial charge in [-0.2, -0.15) is 0 Å². The van der Waals surface area contributed by atoms with E-state index in [0.717, 1.165) is 24.9 Å². The van der Waals surface area contributed by atoms with Crippen molar-refractivity contribution in [3.05, 3.63) is 98.8 Å². The molecule has 1 amide bonds. The number of pyridine rings is 2. The second-order valence-corrected chi connectivity index (χ2v) is 9.92. The van der Waals surface area contributed by atoms with Crippen LogP contribution in [0, 0.1) is 0 Å². The fourth-order valence-corrected chi connectivity index (χ4v) is 5.10. The first-order chi connectivity index (χ1) is 17.9. The zero-order valence-corrected chi connectivity index (χ0v) is 21.3. The minimum atomic E-state index is -0.697. The number of carbonyl (C=O) groups excluding carboxylic acids is 1. The van der Waals surface area contributed by atoms with Crippen LogP contribution in [-0.2, 0) is 31.4 Å². The van der Waals surface area contributed by atoms with Crippen molar-refractivity contribution < 1.29 is 14.3 Å². The minimum absolute atomic E-state index is 0.0266. The van der Waals surface area contributed by atoms with Gasteiger partial charge in [-0.1, -0.05) is 29.8 Å². The van der Waals surface area contributed by atoms with Crippen molar-refractivity contribution in [3.8, 4) is 0 Å². The molecule has 192 valence electrons. The molecule has 1 saturated heterocycles. The Labute approximate surface area is 219 Å². The third-order valence-corrected chi connectivity index (χ3v) is 7.10. The molecule has 1 aliphatic rings. The van der Waals surface area contributed by atoms with Crippen LogP contribution < -0.4 is 10.7 Å². The van der Waals surface area contributed by atoms with E-state index in [1.165, 1.54) is 0 Å². The fourth-order valence-electron chi connectivity index (χ4n) is 4.98. The Bertz CT molecular complexity index is 1450. The van der Waals surface area contributed by atoms with Crippen molar-refractivity contribution in [2.75, 3.05) is 6.54 Å². The van der Waals surface area contributed by atoms with Crippen molar-refractivity contribution in [1.82, 2.24) is 19.8 Å². The van der Waals surface area contributed by atoms with E-state index in [-0.39, 0.29) is 23.8 Å². The topological polar surface area (TPSA) is 101 Å². The summed E-state index contributed by atoms with van der Waals surface area (Å²) in [4.78, 5) is 32.2. The van der Waals surface area contributed by atoms with E-state index >= 15 is 0 Å². The molecule has 0 radical (unpaired) electrons. The summed E-state index contributed by atoms with van der Waals surface area (Å²) in [7, 11) is 1.80. The zero-order chi connectivity index (χ0) is 25.9. The third-order valence-electron chi connectivity index (χ3n) is 6.85. The van der Waals surface area contributed by atoms with Gasteiger partial charge < -0.3 is 19.4 Å². The molecule has 9 heteroatoms. The van der Waals surface area contributed by atoms with Crippen LogP contribution in [0.2, 0.25) is 5.02 Å². The molecule has 0 saturated carbocycles. The molecule has 37 heavy (non-hydrogen) atoms. The van der Waals surface area contributed by atoms with Gasteiger partial charge in [-0.05, 0) is 55.3 Å². The molecular weight excluding hydrogens is 492 g/mol. The van der Waals surface area contributed by atoms with Crippen molar-refractivity contribution in [3.63, 3.8) is 0 Å². The summed E-state index contributed by atoms with van der Waals surface area (Å²) in [6, 6.07) is 14.4. The highest BCUT2D eigenvalue weighted by molar-refractivity contribution is 6.30. The number of hydrogen-bond donors (Lipinski definition) is 2. The summed E-state index contributed by atoms with van der Waals surface area (Å²) in [6.07, 6.45) is 4.43. The number of aromatic nitrogens is 2. The lowest BCUT2D eigenvalue weighted by Gasteiger charge is -2.27. The van der Waals surface area contributed by atoms with Crippen LogP contribution in [0.5, 0.6) is 0 Å². The Balaban J connectivity index is 1.29. The molecular formula is C28H29ClN4O4. The smallest absolute Gasteiger partial charge is 0.224 e. The quantitative estimate of drug-likeness (QED) is 0.367. The van der Waals surface area contributed by atoms with Gasteiger partial charge in [0.2, 0.25) is 11.6 Å². The number of nitrogens with one attached hydrogen (secondary N) is 1. The number of rotatable bonds is 8. The van der Waals surface area contributed by atoms with Gasteiger partial charge in [0.25, 0.3) is 0 Å². The standard InChI is InChI=1S/C28H29ClN4O4/c1-32-16-19(13-25(34)31-15-18-7-9-20(29)10-8-18)26(35)22-14-21(37-28(22)32)17-33-12-4-6-24(33)27(36)23-5-2-3-11-30-23/h2-3,5,7-11,14,16,24,27,36H,4,6,12-13,15,17H2,1H3,(H,31,34)/t24-,27+/m1/s1. The molecule has 4 heterocycles. The largest absolute Gasteiger partial charge is 0.443 e. The van der Waals surface area contributed by atoms with Crippen LogP contribution >= 0.6 is 11.6 Å². The van der Waals surface area contributed by atoms with Crippen molar-refractivity contribution in [2.24, 2.45) is 7.05 Å². The van der Waals surface area contributed by atoms with Crippen molar-refractivity contribution in [1.29, 1.82) is 0 Å². The lowest BCUT2D eigenvalue weighted by molar-refractivity contribution is -0.120. The third kappa shape index (κ3) is 5.61. The monoisotopic (exact) mass is 520 g/mol. The van der Waals surface area contributed by atoms with Crippen LogP contribution in [0.3, 0.4) is 0 Å². The van der Waals surface area contributed by atoms with E-state index in [2.05, 4.69) is 15.2 Å². The van der Waals surface area contributed by atoms with E-state index in [1.807, 2.05) is 30.3 Å². The van der Waals surface area contributed by atoms with E-state index in [9.17, 15) is 14.7 Å². The molecule has 1 fully saturated rings. The summed E-state index contributed by atoms with van der Waals surface area (Å²) in [5.74, 6) is 0.408. The first kappa shape index (κ1) is 25.2. The Morgan fingerprint density at radius 1 is 1.27 bits per heavy atom. The van der Waals surface area contributed by atoms with Gasteiger partial charge in [0.05, 0.1) is 24.0 Å². The SMILES string of the molecule is Cn1cc(CC(=O)NCc2ccc(Cl)cc2)c(=O)c2cc(CN3CCC[C@@H]3[C@@H](O)c3ccccn3)oc21.